The first kappa shape index (κ1) is 14.2. The van der Waals surface area contributed by atoms with Gasteiger partial charge in [0.2, 0.25) is 5.65 Å². The number of nitrogens with one attached hydrogen (secondary N) is 1. The molecule has 3 aromatic heterocycles. The van der Waals surface area contributed by atoms with E-state index in [0.29, 0.717) is 0 Å². The first-order valence-corrected chi connectivity index (χ1v) is 7.38. The van der Waals surface area contributed by atoms with Crippen LogP contribution in [0.4, 0.5) is 5.82 Å². The Kier molecular flexibility index (Phi) is 4.00. The second kappa shape index (κ2) is 5.92. The summed E-state index contributed by atoms with van der Waals surface area (Å²) in [6, 6.07) is 4.06. The molecule has 0 radical (unpaired) electrons. The first-order valence-electron chi connectivity index (χ1n) is 6.50. The number of rotatable bonds is 2. The van der Waals surface area contributed by atoms with E-state index in [1.165, 1.54) is 0 Å². The van der Waals surface area contributed by atoms with Crippen LogP contribution in [0.25, 0.3) is 16.2 Å². The van der Waals surface area contributed by atoms with E-state index in [0.717, 1.165) is 48.2 Å². The summed E-state index contributed by atoms with van der Waals surface area (Å²) < 4.78 is 1.77. The van der Waals surface area contributed by atoms with E-state index in [9.17, 15) is 0 Å². The fourth-order valence-corrected chi connectivity index (χ4v) is 3.14. The lowest BCUT2D eigenvalue weighted by atomic mass is 10.3. The normalized spacial score (nSPS) is 15.1. The van der Waals surface area contributed by atoms with Gasteiger partial charge in [-0.05, 0) is 21.9 Å². The molecule has 0 aliphatic carbocycles. The molecule has 9 heteroatoms. The lowest BCUT2D eigenvalue weighted by Gasteiger charge is -2.28. The van der Waals surface area contributed by atoms with Crippen LogP contribution >= 0.6 is 23.7 Å². The smallest absolute Gasteiger partial charge is 0.222 e. The number of hydrogen-bond acceptors (Lipinski definition) is 7. The summed E-state index contributed by atoms with van der Waals surface area (Å²) in [6.45, 7) is 3.77. The molecular formula is C12H14ClN7S. The first-order chi connectivity index (χ1) is 9.93. The quantitative estimate of drug-likeness (QED) is 0.761. The zero-order valence-corrected chi connectivity index (χ0v) is 12.8. The monoisotopic (exact) mass is 323 g/mol. The highest BCUT2D eigenvalue weighted by molar-refractivity contribution is 7.13. The Labute approximate surface area is 131 Å². The number of aromatic nitrogens is 5. The molecule has 1 N–H and O–H groups in total. The van der Waals surface area contributed by atoms with Crippen LogP contribution in [0.5, 0.6) is 0 Å². The highest BCUT2D eigenvalue weighted by Crippen LogP contribution is 2.27. The molecule has 1 aliphatic rings. The van der Waals surface area contributed by atoms with Crippen LogP contribution in [0.2, 0.25) is 0 Å². The predicted octanol–water partition coefficient (Wildman–Crippen LogP) is 1.08. The van der Waals surface area contributed by atoms with Crippen LogP contribution in [-0.2, 0) is 0 Å². The molecule has 1 aliphatic heterocycles. The second-order valence-corrected chi connectivity index (χ2v) is 5.54. The third-order valence-corrected chi connectivity index (χ3v) is 4.29. The fraction of sp³-hybridized carbons (Fsp3) is 0.333. The van der Waals surface area contributed by atoms with Gasteiger partial charge in [-0.25, -0.2) is 4.98 Å². The van der Waals surface area contributed by atoms with Gasteiger partial charge in [0, 0.05) is 26.2 Å². The van der Waals surface area contributed by atoms with Crippen LogP contribution in [0.15, 0.2) is 23.7 Å². The third-order valence-electron chi connectivity index (χ3n) is 3.40. The van der Waals surface area contributed by atoms with Crippen molar-refractivity contribution >= 4 is 35.2 Å². The summed E-state index contributed by atoms with van der Waals surface area (Å²) in [6.07, 6.45) is 1.85. The van der Waals surface area contributed by atoms with Gasteiger partial charge in [0.1, 0.15) is 5.69 Å². The van der Waals surface area contributed by atoms with E-state index in [4.69, 9.17) is 0 Å². The fourth-order valence-electron chi connectivity index (χ4n) is 2.42. The van der Waals surface area contributed by atoms with Crippen molar-refractivity contribution in [3.8, 4) is 10.6 Å². The minimum Gasteiger partial charge on any atom is -0.351 e. The van der Waals surface area contributed by atoms with Crippen LogP contribution < -0.4 is 10.2 Å². The van der Waals surface area contributed by atoms with Gasteiger partial charge >= 0.3 is 0 Å². The summed E-state index contributed by atoms with van der Waals surface area (Å²) in [5.74, 6) is 0.858. The van der Waals surface area contributed by atoms with Gasteiger partial charge in [0.05, 0.1) is 11.1 Å². The highest BCUT2D eigenvalue weighted by atomic mass is 35.5. The Morgan fingerprint density at radius 2 is 2.10 bits per heavy atom. The number of tetrazole rings is 1. The Morgan fingerprint density at radius 3 is 2.86 bits per heavy atom. The zero-order chi connectivity index (χ0) is 13.4. The number of anilines is 1. The van der Waals surface area contributed by atoms with E-state index < -0.39 is 0 Å². The van der Waals surface area contributed by atoms with Gasteiger partial charge in [-0.2, -0.15) is 4.52 Å². The van der Waals surface area contributed by atoms with Gasteiger partial charge in [-0.1, -0.05) is 6.07 Å². The number of thiophene rings is 1. The zero-order valence-electron chi connectivity index (χ0n) is 11.1. The molecule has 21 heavy (non-hydrogen) atoms. The molecule has 0 atom stereocenters. The molecule has 0 unspecified atom stereocenters. The van der Waals surface area contributed by atoms with Gasteiger partial charge in [-0.3, -0.25) is 0 Å². The Hall–Kier alpha value is -1.77. The topological polar surface area (TPSA) is 71.2 Å². The Morgan fingerprint density at radius 1 is 1.24 bits per heavy atom. The van der Waals surface area contributed by atoms with Crippen molar-refractivity contribution in [1.29, 1.82) is 0 Å². The van der Waals surface area contributed by atoms with Gasteiger partial charge in [-0.15, -0.1) is 28.8 Å². The molecule has 0 bridgehead atoms. The largest absolute Gasteiger partial charge is 0.351 e. The highest BCUT2D eigenvalue weighted by Gasteiger charge is 2.19. The lowest BCUT2D eigenvalue weighted by molar-refractivity contribution is 0.585. The van der Waals surface area contributed by atoms with Crippen molar-refractivity contribution in [1.82, 2.24) is 30.3 Å². The summed E-state index contributed by atoms with van der Waals surface area (Å²) in [7, 11) is 0. The molecule has 110 valence electrons. The minimum absolute atomic E-state index is 0. The van der Waals surface area contributed by atoms with E-state index in [1.54, 1.807) is 15.9 Å². The average Bonchev–Trinajstić information content (AvgIpc) is 3.18. The standard InChI is InChI=1S/C12H13N7S.ClH/c1-2-10(20-7-1)9-8-14-11(12-15-16-17-19(9)12)18-5-3-13-4-6-18;/h1-2,7-8,13H,3-6H2;1H. The van der Waals surface area contributed by atoms with Crippen molar-refractivity contribution in [3.05, 3.63) is 23.7 Å². The van der Waals surface area contributed by atoms with Crippen LogP contribution in [0.1, 0.15) is 0 Å². The predicted molar refractivity (Wildman–Crippen MR) is 84.2 cm³/mol. The van der Waals surface area contributed by atoms with Crippen molar-refractivity contribution in [2.45, 2.75) is 0 Å². The van der Waals surface area contributed by atoms with Crippen LogP contribution in [-0.4, -0.2) is 51.2 Å². The molecular weight excluding hydrogens is 310 g/mol. The number of hydrogen-bond donors (Lipinski definition) is 1. The van der Waals surface area contributed by atoms with E-state index >= 15 is 0 Å². The Bertz CT molecular complexity index is 720. The van der Waals surface area contributed by atoms with E-state index in [1.807, 2.05) is 23.7 Å². The van der Waals surface area contributed by atoms with Crippen molar-refractivity contribution < 1.29 is 0 Å². The summed E-state index contributed by atoms with van der Waals surface area (Å²) in [4.78, 5) is 7.94. The SMILES string of the molecule is Cl.c1csc(-c2cnc(N3CCNCC3)c3nnnn23)c1. The van der Waals surface area contributed by atoms with E-state index in [-0.39, 0.29) is 12.4 Å². The maximum absolute atomic E-state index is 4.60. The molecule has 0 saturated carbocycles. The molecule has 4 heterocycles. The molecule has 0 aromatic carbocycles. The number of halogens is 1. The number of nitrogens with zero attached hydrogens (tertiary/aromatic N) is 6. The maximum atomic E-state index is 4.60. The van der Waals surface area contributed by atoms with Crippen LogP contribution in [0.3, 0.4) is 0 Å². The van der Waals surface area contributed by atoms with E-state index in [2.05, 4.69) is 30.7 Å². The minimum atomic E-state index is 0. The second-order valence-electron chi connectivity index (χ2n) is 4.60. The number of piperazine rings is 1. The molecule has 1 fully saturated rings. The lowest BCUT2D eigenvalue weighted by Crippen LogP contribution is -2.44. The third kappa shape index (κ3) is 2.45. The Balaban J connectivity index is 0.00000132. The van der Waals surface area contributed by atoms with Gasteiger partial charge in [0.25, 0.3) is 0 Å². The van der Waals surface area contributed by atoms with Crippen LogP contribution in [0, 0.1) is 0 Å². The van der Waals surface area contributed by atoms with Gasteiger partial charge in [0.15, 0.2) is 5.82 Å². The average molecular weight is 324 g/mol. The maximum Gasteiger partial charge on any atom is 0.222 e. The molecule has 0 amide bonds. The van der Waals surface area contributed by atoms with Crippen molar-refractivity contribution in [2.75, 3.05) is 31.1 Å². The molecule has 7 nitrogen and oxygen atoms in total. The molecule has 3 aromatic rings. The number of fused-ring (bicyclic) bond motifs is 1. The van der Waals surface area contributed by atoms with Crippen molar-refractivity contribution in [2.24, 2.45) is 0 Å². The molecule has 4 rings (SSSR count). The molecule has 1 saturated heterocycles. The summed E-state index contributed by atoms with van der Waals surface area (Å²) >= 11 is 1.66. The van der Waals surface area contributed by atoms with Crippen molar-refractivity contribution in [3.63, 3.8) is 0 Å². The summed E-state index contributed by atoms with van der Waals surface area (Å²) in [5, 5.41) is 17.4. The summed E-state index contributed by atoms with van der Waals surface area (Å²) in [5.41, 5.74) is 1.65. The molecule has 0 spiro atoms. The van der Waals surface area contributed by atoms with Gasteiger partial charge < -0.3 is 10.2 Å².